The van der Waals surface area contributed by atoms with Gasteiger partial charge in [-0.3, -0.25) is 9.59 Å². The van der Waals surface area contributed by atoms with Crippen LogP contribution in [0.2, 0.25) is 0 Å². The number of rotatable bonds is 3. The highest BCUT2D eigenvalue weighted by Crippen LogP contribution is 2.32. The van der Waals surface area contributed by atoms with E-state index in [2.05, 4.69) is 5.32 Å². The molecule has 1 saturated carbocycles. The average molecular weight is 245 g/mol. The van der Waals surface area contributed by atoms with E-state index in [1.54, 1.807) is 0 Å². The number of nitrogens with one attached hydrogen (secondary N) is 1. The minimum absolute atomic E-state index is 0.180. The topological polar surface area (TPSA) is 75.6 Å². The molecule has 2 fully saturated rings. The van der Waals surface area contributed by atoms with Crippen LogP contribution < -0.4 is 5.32 Å². The SMILES string of the molecule is O=C(O)C1(C(=O)NC2CC(F)C2)CCOCC1. The Labute approximate surface area is 98.3 Å². The minimum Gasteiger partial charge on any atom is -0.480 e. The van der Waals surface area contributed by atoms with Crippen LogP contribution >= 0.6 is 0 Å². The van der Waals surface area contributed by atoms with Gasteiger partial charge in [-0.05, 0) is 25.7 Å². The van der Waals surface area contributed by atoms with Gasteiger partial charge in [-0.1, -0.05) is 0 Å². The molecule has 1 saturated heterocycles. The summed E-state index contributed by atoms with van der Waals surface area (Å²) in [6.45, 7) is 0.548. The molecule has 96 valence electrons. The maximum atomic E-state index is 12.6. The summed E-state index contributed by atoms with van der Waals surface area (Å²) in [6, 6.07) is -0.212. The lowest BCUT2D eigenvalue weighted by Gasteiger charge is -2.36. The van der Waals surface area contributed by atoms with Crippen molar-refractivity contribution in [3.63, 3.8) is 0 Å². The number of ether oxygens (including phenoxy) is 1. The van der Waals surface area contributed by atoms with Crippen LogP contribution in [0.3, 0.4) is 0 Å². The maximum absolute atomic E-state index is 12.6. The van der Waals surface area contributed by atoms with Crippen LogP contribution in [-0.4, -0.2) is 42.4 Å². The Hall–Kier alpha value is -1.17. The number of carbonyl (C=O) groups excluding carboxylic acids is 1. The summed E-state index contributed by atoms with van der Waals surface area (Å²) in [6.07, 6.45) is 0.0752. The fraction of sp³-hybridized carbons (Fsp3) is 0.818. The molecule has 1 aliphatic heterocycles. The molecule has 5 nitrogen and oxygen atoms in total. The van der Waals surface area contributed by atoms with Crippen molar-refractivity contribution >= 4 is 11.9 Å². The Balaban J connectivity index is 2.00. The highest BCUT2D eigenvalue weighted by molar-refractivity contribution is 6.02. The molecule has 17 heavy (non-hydrogen) atoms. The molecule has 1 aliphatic carbocycles. The normalized spacial score (nSPS) is 31.4. The number of carboxylic acid groups (broad SMARTS) is 1. The molecule has 1 heterocycles. The molecule has 0 spiro atoms. The summed E-state index contributed by atoms with van der Waals surface area (Å²) in [5.74, 6) is -1.61. The highest BCUT2D eigenvalue weighted by Gasteiger charge is 2.48. The quantitative estimate of drug-likeness (QED) is 0.709. The van der Waals surface area contributed by atoms with E-state index in [-0.39, 0.29) is 44.9 Å². The van der Waals surface area contributed by atoms with Crippen molar-refractivity contribution in [3.05, 3.63) is 0 Å². The summed E-state index contributed by atoms with van der Waals surface area (Å²) in [7, 11) is 0. The van der Waals surface area contributed by atoms with E-state index in [0.29, 0.717) is 0 Å². The van der Waals surface area contributed by atoms with Crippen LogP contribution in [0.15, 0.2) is 0 Å². The fourth-order valence-electron chi connectivity index (χ4n) is 2.25. The van der Waals surface area contributed by atoms with Gasteiger partial charge in [0, 0.05) is 19.3 Å². The van der Waals surface area contributed by atoms with Gasteiger partial charge < -0.3 is 15.2 Å². The van der Waals surface area contributed by atoms with Gasteiger partial charge in [-0.2, -0.15) is 0 Å². The van der Waals surface area contributed by atoms with Gasteiger partial charge in [0.2, 0.25) is 5.91 Å². The third-order valence-electron chi connectivity index (χ3n) is 3.61. The molecule has 0 aromatic carbocycles. The van der Waals surface area contributed by atoms with E-state index in [4.69, 9.17) is 4.74 Å². The molecule has 0 aromatic heterocycles. The van der Waals surface area contributed by atoms with E-state index < -0.39 is 23.5 Å². The van der Waals surface area contributed by atoms with Crippen LogP contribution in [0.1, 0.15) is 25.7 Å². The van der Waals surface area contributed by atoms with Crippen molar-refractivity contribution in [1.82, 2.24) is 5.32 Å². The lowest BCUT2D eigenvalue weighted by Crippen LogP contribution is -2.55. The monoisotopic (exact) mass is 245 g/mol. The van der Waals surface area contributed by atoms with Crippen LogP contribution in [-0.2, 0) is 14.3 Å². The third kappa shape index (κ3) is 2.26. The number of aliphatic carboxylic acids is 1. The fourth-order valence-corrected chi connectivity index (χ4v) is 2.25. The van der Waals surface area contributed by atoms with Gasteiger partial charge in [-0.15, -0.1) is 0 Å². The second-order valence-electron chi connectivity index (χ2n) is 4.74. The first-order valence-corrected chi connectivity index (χ1v) is 5.81. The Bertz CT molecular complexity index is 321. The van der Waals surface area contributed by atoms with Gasteiger partial charge in [0.1, 0.15) is 6.17 Å². The molecule has 2 rings (SSSR count). The summed E-state index contributed by atoms with van der Waals surface area (Å²) >= 11 is 0. The predicted molar refractivity (Wildman–Crippen MR) is 56.2 cm³/mol. The molecule has 2 N–H and O–H groups in total. The van der Waals surface area contributed by atoms with Gasteiger partial charge >= 0.3 is 5.97 Å². The van der Waals surface area contributed by atoms with Crippen molar-refractivity contribution in [2.45, 2.75) is 37.9 Å². The molecule has 0 unspecified atom stereocenters. The summed E-state index contributed by atoms with van der Waals surface area (Å²) in [5.41, 5.74) is -1.39. The summed E-state index contributed by atoms with van der Waals surface area (Å²) in [4.78, 5) is 23.3. The van der Waals surface area contributed by atoms with E-state index >= 15 is 0 Å². The first-order chi connectivity index (χ1) is 8.04. The van der Waals surface area contributed by atoms with Crippen molar-refractivity contribution in [2.75, 3.05) is 13.2 Å². The molecule has 0 bridgehead atoms. The number of amides is 1. The zero-order valence-corrected chi connectivity index (χ0v) is 9.45. The molecule has 6 heteroatoms. The number of alkyl halides is 1. The molecular weight excluding hydrogens is 229 g/mol. The van der Waals surface area contributed by atoms with Crippen LogP contribution in [0.4, 0.5) is 4.39 Å². The Morgan fingerprint density at radius 1 is 1.29 bits per heavy atom. The molecule has 0 atom stereocenters. The van der Waals surface area contributed by atoms with E-state index in [9.17, 15) is 19.1 Å². The van der Waals surface area contributed by atoms with E-state index in [1.807, 2.05) is 0 Å². The van der Waals surface area contributed by atoms with Crippen molar-refractivity contribution in [3.8, 4) is 0 Å². The maximum Gasteiger partial charge on any atom is 0.319 e. The Morgan fingerprint density at radius 3 is 2.35 bits per heavy atom. The summed E-state index contributed by atoms with van der Waals surface area (Å²) in [5, 5.41) is 11.8. The third-order valence-corrected chi connectivity index (χ3v) is 3.61. The van der Waals surface area contributed by atoms with Crippen molar-refractivity contribution < 1.29 is 23.8 Å². The number of carboxylic acids is 1. The minimum atomic E-state index is -1.39. The van der Waals surface area contributed by atoms with Gasteiger partial charge in [0.25, 0.3) is 0 Å². The van der Waals surface area contributed by atoms with Crippen LogP contribution in [0, 0.1) is 5.41 Å². The smallest absolute Gasteiger partial charge is 0.319 e. The van der Waals surface area contributed by atoms with Crippen molar-refractivity contribution in [1.29, 1.82) is 0 Å². The van der Waals surface area contributed by atoms with Crippen LogP contribution in [0.5, 0.6) is 0 Å². The zero-order chi connectivity index (χ0) is 12.5. The molecular formula is C11H16FNO4. The number of carbonyl (C=O) groups is 2. The first-order valence-electron chi connectivity index (χ1n) is 5.81. The van der Waals surface area contributed by atoms with E-state index in [1.165, 1.54) is 0 Å². The van der Waals surface area contributed by atoms with Crippen LogP contribution in [0.25, 0.3) is 0 Å². The highest BCUT2D eigenvalue weighted by atomic mass is 19.1. The van der Waals surface area contributed by atoms with Gasteiger partial charge in [-0.25, -0.2) is 4.39 Å². The van der Waals surface area contributed by atoms with Crippen molar-refractivity contribution in [2.24, 2.45) is 5.41 Å². The largest absolute Gasteiger partial charge is 0.480 e. The average Bonchev–Trinajstić information content (AvgIpc) is 2.27. The second kappa shape index (κ2) is 4.60. The number of hydrogen-bond donors (Lipinski definition) is 2. The molecule has 0 radical (unpaired) electrons. The first kappa shape index (κ1) is 12.3. The summed E-state index contributed by atoms with van der Waals surface area (Å²) < 4.78 is 17.7. The Morgan fingerprint density at radius 2 is 1.88 bits per heavy atom. The predicted octanol–water partition coefficient (Wildman–Crippen LogP) is 0.484. The molecule has 2 aliphatic rings. The number of hydrogen-bond acceptors (Lipinski definition) is 3. The number of halogens is 1. The zero-order valence-electron chi connectivity index (χ0n) is 9.45. The molecule has 0 aromatic rings. The lowest BCUT2D eigenvalue weighted by molar-refractivity contribution is -0.163. The lowest BCUT2D eigenvalue weighted by atomic mass is 9.78. The standard InChI is InChI=1S/C11H16FNO4/c12-7-5-8(6-7)13-9(14)11(10(15)16)1-3-17-4-2-11/h7-8H,1-6H2,(H,13,14)(H,15,16). The molecule has 1 amide bonds. The second-order valence-corrected chi connectivity index (χ2v) is 4.74. The Kier molecular flexibility index (Phi) is 3.33. The van der Waals surface area contributed by atoms with E-state index in [0.717, 1.165) is 0 Å². The van der Waals surface area contributed by atoms with Gasteiger partial charge in [0.15, 0.2) is 5.41 Å². The van der Waals surface area contributed by atoms with Gasteiger partial charge in [0.05, 0.1) is 0 Å².